The predicted molar refractivity (Wildman–Crippen MR) is 44.0 cm³/mol. The normalized spacial score (nSPS) is 12.8. The monoisotopic (exact) mass is 143 g/mol. The van der Waals surface area contributed by atoms with Crippen molar-refractivity contribution in [3.05, 3.63) is 12.2 Å². The van der Waals surface area contributed by atoms with Gasteiger partial charge in [-0.25, -0.2) is 0 Å². The highest BCUT2D eigenvalue weighted by Gasteiger charge is 2.12. The molecule has 0 aliphatic rings. The van der Waals surface area contributed by atoms with Crippen molar-refractivity contribution >= 4 is 0 Å². The molecule has 0 unspecified atom stereocenters. The van der Waals surface area contributed by atoms with Crippen LogP contribution in [-0.2, 0) is 0 Å². The Bertz CT molecular complexity index is 108. The molecule has 2 heteroatoms. The molecule has 2 nitrogen and oxygen atoms in total. The lowest BCUT2D eigenvalue weighted by atomic mass is 10.1. The van der Waals surface area contributed by atoms with Crippen molar-refractivity contribution in [3.63, 3.8) is 0 Å². The zero-order valence-corrected chi connectivity index (χ0v) is 7.02. The van der Waals surface area contributed by atoms with Crippen LogP contribution in [0.4, 0.5) is 0 Å². The van der Waals surface area contributed by atoms with E-state index < -0.39 is 0 Å². The van der Waals surface area contributed by atoms with E-state index in [0.29, 0.717) is 0 Å². The molecule has 0 radical (unpaired) electrons. The molecule has 2 N–H and O–H groups in total. The molecule has 0 aliphatic carbocycles. The van der Waals surface area contributed by atoms with Gasteiger partial charge in [-0.3, -0.25) is 0 Å². The number of rotatable bonds is 4. The van der Waals surface area contributed by atoms with Crippen molar-refractivity contribution in [2.45, 2.75) is 26.3 Å². The predicted octanol–water partition coefficient (Wildman–Crippen LogP) is 0.923. The molecule has 0 aromatic heterocycles. The van der Waals surface area contributed by atoms with E-state index in [2.05, 4.69) is 5.32 Å². The second-order valence-corrected chi connectivity index (χ2v) is 2.99. The molecule has 0 saturated carbocycles. The summed E-state index contributed by atoms with van der Waals surface area (Å²) in [5.41, 5.74) is -0.153. The summed E-state index contributed by atoms with van der Waals surface area (Å²) in [6.07, 6.45) is 4.01. The highest BCUT2D eigenvalue weighted by atomic mass is 16.3. The first kappa shape index (κ1) is 9.66. The minimum Gasteiger partial charge on any atom is -0.394 e. The summed E-state index contributed by atoms with van der Waals surface area (Å²) in [4.78, 5) is 0. The number of aliphatic hydroxyl groups excluding tert-OH is 1. The standard InChI is InChI=1S/C8H17NO/c1-4-5-6-9-8(2,3)7-10/h4-5,9-10H,6-7H2,1-3H3/b5-4+. The second-order valence-electron chi connectivity index (χ2n) is 2.99. The van der Waals surface area contributed by atoms with Crippen molar-refractivity contribution in [3.8, 4) is 0 Å². The number of allylic oxidation sites excluding steroid dienone is 1. The van der Waals surface area contributed by atoms with Gasteiger partial charge in [-0.2, -0.15) is 0 Å². The number of hydrogen-bond donors (Lipinski definition) is 2. The third-order valence-electron chi connectivity index (χ3n) is 1.33. The van der Waals surface area contributed by atoms with Gasteiger partial charge in [-0.1, -0.05) is 12.2 Å². The van der Waals surface area contributed by atoms with Gasteiger partial charge in [0.2, 0.25) is 0 Å². The van der Waals surface area contributed by atoms with Crippen LogP contribution in [0.25, 0.3) is 0 Å². The van der Waals surface area contributed by atoms with E-state index in [1.54, 1.807) is 0 Å². The Morgan fingerprint density at radius 2 is 2.10 bits per heavy atom. The Morgan fingerprint density at radius 1 is 1.50 bits per heavy atom. The lowest BCUT2D eigenvalue weighted by Gasteiger charge is -2.22. The molecular formula is C8H17NO. The minimum absolute atomic E-state index is 0.153. The molecule has 0 atom stereocenters. The van der Waals surface area contributed by atoms with Crippen LogP contribution in [0, 0.1) is 0 Å². The van der Waals surface area contributed by atoms with Crippen molar-refractivity contribution < 1.29 is 5.11 Å². The molecule has 0 fully saturated rings. The summed E-state index contributed by atoms with van der Waals surface area (Å²) < 4.78 is 0. The van der Waals surface area contributed by atoms with Gasteiger partial charge < -0.3 is 10.4 Å². The zero-order valence-electron chi connectivity index (χ0n) is 7.02. The summed E-state index contributed by atoms with van der Waals surface area (Å²) in [6.45, 7) is 6.91. The quantitative estimate of drug-likeness (QED) is 0.574. The fraction of sp³-hybridized carbons (Fsp3) is 0.750. The molecule has 60 valence electrons. The van der Waals surface area contributed by atoms with Crippen LogP contribution < -0.4 is 5.32 Å². The molecule has 0 saturated heterocycles. The van der Waals surface area contributed by atoms with E-state index in [1.807, 2.05) is 32.9 Å². The van der Waals surface area contributed by atoms with Crippen molar-refractivity contribution in [1.29, 1.82) is 0 Å². The molecule has 10 heavy (non-hydrogen) atoms. The van der Waals surface area contributed by atoms with Crippen molar-refractivity contribution in [2.24, 2.45) is 0 Å². The third kappa shape index (κ3) is 4.53. The van der Waals surface area contributed by atoms with E-state index >= 15 is 0 Å². The maximum atomic E-state index is 8.81. The lowest BCUT2D eigenvalue weighted by molar-refractivity contribution is 0.193. The van der Waals surface area contributed by atoms with Crippen molar-refractivity contribution in [2.75, 3.05) is 13.2 Å². The molecule has 0 aromatic rings. The van der Waals surface area contributed by atoms with Gasteiger partial charge in [0.05, 0.1) is 6.61 Å². The zero-order chi connectivity index (χ0) is 8.04. The number of aliphatic hydroxyl groups is 1. The summed E-state index contributed by atoms with van der Waals surface area (Å²) in [6, 6.07) is 0. The molecule has 0 rings (SSSR count). The lowest BCUT2D eigenvalue weighted by Crippen LogP contribution is -2.42. The Hall–Kier alpha value is -0.340. The molecule has 0 bridgehead atoms. The second kappa shape index (κ2) is 4.47. The van der Waals surface area contributed by atoms with Crippen molar-refractivity contribution in [1.82, 2.24) is 5.32 Å². The van der Waals surface area contributed by atoms with Crippen LogP contribution in [0.2, 0.25) is 0 Å². The molecule has 0 aliphatic heterocycles. The third-order valence-corrected chi connectivity index (χ3v) is 1.33. The first-order chi connectivity index (χ1) is 4.62. The fourth-order valence-electron chi connectivity index (χ4n) is 0.509. The summed E-state index contributed by atoms with van der Waals surface area (Å²) in [5.74, 6) is 0. The van der Waals surface area contributed by atoms with Gasteiger partial charge in [0.1, 0.15) is 0 Å². The van der Waals surface area contributed by atoms with Crippen LogP contribution in [0.5, 0.6) is 0 Å². The molecular weight excluding hydrogens is 126 g/mol. The molecule has 0 aromatic carbocycles. The first-order valence-electron chi connectivity index (χ1n) is 3.59. The maximum Gasteiger partial charge on any atom is 0.0607 e. The number of nitrogens with one attached hydrogen (secondary N) is 1. The van der Waals surface area contributed by atoms with Gasteiger partial charge in [0.25, 0.3) is 0 Å². The summed E-state index contributed by atoms with van der Waals surface area (Å²) >= 11 is 0. The smallest absolute Gasteiger partial charge is 0.0607 e. The average Bonchev–Trinajstić information content (AvgIpc) is 1.89. The summed E-state index contributed by atoms with van der Waals surface area (Å²) in [7, 11) is 0. The van der Waals surface area contributed by atoms with Crippen LogP contribution in [0.15, 0.2) is 12.2 Å². The molecule has 0 heterocycles. The van der Waals surface area contributed by atoms with Gasteiger partial charge in [0.15, 0.2) is 0 Å². The van der Waals surface area contributed by atoms with Crippen LogP contribution in [0.3, 0.4) is 0 Å². The largest absolute Gasteiger partial charge is 0.394 e. The van der Waals surface area contributed by atoms with Gasteiger partial charge in [-0.15, -0.1) is 0 Å². The highest BCUT2D eigenvalue weighted by Crippen LogP contribution is 1.97. The first-order valence-corrected chi connectivity index (χ1v) is 3.59. The van der Waals surface area contributed by atoms with Gasteiger partial charge >= 0.3 is 0 Å². The van der Waals surface area contributed by atoms with E-state index in [-0.39, 0.29) is 12.1 Å². The minimum atomic E-state index is -0.153. The average molecular weight is 143 g/mol. The SMILES string of the molecule is C/C=C/CNC(C)(C)CO. The van der Waals surface area contributed by atoms with Gasteiger partial charge in [-0.05, 0) is 20.8 Å². The van der Waals surface area contributed by atoms with Gasteiger partial charge in [0, 0.05) is 12.1 Å². The Kier molecular flexibility index (Phi) is 4.32. The Morgan fingerprint density at radius 3 is 2.50 bits per heavy atom. The molecule has 0 amide bonds. The Labute approximate surface area is 62.9 Å². The van der Waals surface area contributed by atoms with E-state index in [4.69, 9.17) is 5.11 Å². The van der Waals surface area contributed by atoms with E-state index in [9.17, 15) is 0 Å². The summed E-state index contributed by atoms with van der Waals surface area (Å²) in [5, 5.41) is 12.0. The highest BCUT2D eigenvalue weighted by molar-refractivity contribution is 4.85. The van der Waals surface area contributed by atoms with E-state index in [1.165, 1.54) is 0 Å². The van der Waals surface area contributed by atoms with E-state index in [0.717, 1.165) is 6.54 Å². The fourth-order valence-corrected chi connectivity index (χ4v) is 0.509. The maximum absolute atomic E-state index is 8.81. The van der Waals surface area contributed by atoms with Crippen LogP contribution >= 0.6 is 0 Å². The topological polar surface area (TPSA) is 32.3 Å². The molecule has 0 spiro atoms. The Balaban J connectivity index is 3.46. The number of hydrogen-bond acceptors (Lipinski definition) is 2. The van der Waals surface area contributed by atoms with Crippen LogP contribution in [0.1, 0.15) is 20.8 Å². The van der Waals surface area contributed by atoms with Crippen LogP contribution in [-0.4, -0.2) is 23.8 Å².